The van der Waals surface area contributed by atoms with Crippen LogP contribution in [0.15, 0.2) is 47.8 Å². The van der Waals surface area contributed by atoms with E-state index in [1.165, 1.54) is 23.9 Å². The van der Waals surface area contributed by atoms with Gasteiger partial charge in [0.05, 0.1) is 11.4 Å². The molecule has 0 radical (unpaired) electrons. The molecule has 0 spiro atoms. The first-order valence-electron chi connectivity index (χ1n) is 7.65. The molecule has 3 heterocycles. The average molecular weight is 351 g/mol. The van der Waals surface area contributed by atoms with Crippen molar-refractivity contribution in [3.05, 3.63) is 54.1 Å². The second kappa shape index (κ2) is 6.25. The number of halogens is 1. The molecule has 5 nitrogen and oxygen atoms in total. The summed E-state index contributed by atoms with van der Waals surface area (Å²) in [7, 11) is 0. The van der Waals surface area contributed by atoms with Gasteiger partial charge in [-0.3, -0.25) is 5.10 Å². The van der Waals surface area contributed by atoms with E-state index in [0.29, 0.717) is 16.5 Å². The van der Waals surface area contributed by atoms with Crippen LogP contribution < -0.4 is 0 Å². The molecule has 4 aromatic rings. The molecule has 3 aromatic heterocycles. The number of aryl methyl sites for hydroxylation is 1. The molecule has 0 saturated carbocycles. The highest BCUT2D eigenvalue weighted by molar-refractivity contribution is 7.98. The number of benzene rings is 1. The van der Waals surface area contributed by atoms with Crippen LogP contribution in [0.5, 0.6) is 0 Å². The topological polar surface area (TPSA) is 67.3 Å². The number of thioether (sulfide) groups is 1. The summed E-state index contributed by atoms with van der Waals surface area (Å²) in [6.07, 6.45) is 3.66. The summed E-state index contributed by atoms with van der Waals surface area (Å²) in [6.45, 7) is 1.95. The highest BCUT2D eigenvalue weighted by Crippen LogP contribution is 2.33. The van der Waals surface area contributed by atoms with Gasteiger partial charge < -0.3 is 0 Å². The molecular weight excluding hydrogens is 337 g/mol. The Kier molecular flexibility index (Phi) is 3.93. The monoisotopic (exact) mass is 351 g/mol. The summed E-state index contributed by atoms with van der Waals surface area (Å²) in [5.74, 6) is -0.284. The van der Waals surface area contributed by atoms with Crippen molar-refractivity contribution in [3.63, 3.8) is 0 Å². The highest BCUT2D eigenvalue weighted by atomic mass is 32.2. The minimum atomic E-state index is -0.284. The van der Waals surface area contributed by atoms with Crippen molar-refractivity contribution in [1.82, 2.24) is 25.1 Å². The van der Waals surface area contributed by atoms with E-state index < -0.39 is 0 Å². The normalized spacial score (nSPS) is 11.2. The predicted molar refractivity (Wildman–Crippen MR) is 96.8 cm³/mol. The summed E-state index contributed by atoms with van der Waals surface area (Å²) in [5.41, 5.74) is 4.72. The fraction of sp³-hybridized carbons (Fsp3) is 0.111. The van der Waals surface area contributed by atoms with Crippen LogP contribution in [-0.2, 0) is 0 Å². The minimum Gasteiger partial charge on any atom is -0.280 e. The van der Waals surface area contributed by atoms with E-state index in [0.717, 1.165) is 27.9 Å². The summed E-state index contributed by atoms with van der Waals surface area (Å²) in [5, 5.41) is 8.82. The fourth-order valence-corrected chi connectivity index (χ4v) is 3.03. The molecule has 25 heavy (non-hydrogen) atoms. The van der Waals surface area contributed by atoms with Crippen LogP contribution in [0.25, 0.3) is 33.5 Å². The third-order valence-electron chi connectivity index (χ3n) is 3.95. The zero-order valence-corrected chi connectivity index (χ0v) is 14.4. The van der Waals surface area contributed by atoms with Crippen LogP contribution in [0.3, 0.4) is 0 Å². The molecule has 0 atom stereocenters. The first-order chi connectivity index (χ1) is 12.2. The molecule has 4 rings (SSSR count). The number of H-pyrrole nitrogens is 1. The maximum atomic E-state index is 13.3. The molecule has 0 bridgehead atoms. The van der Waals surface area contributed by atoms with E-state index in [1.54, 1.807) is 18.3 Å². The molecule has 0 fully saturated rings. The maximum Gasteiger partial charge on any atom is 0.187 e. The van der Waals surface area contributed by atoms with Gasteiger partial charge in [0.2, 0.25) is 0 Å². The molecule has 7 heteroatoms. The van der Waals surface area contributed by atoms with Gasteiger partial charge in [0.25, 0.3) is 0 Å². The van der Waals surface area contributed by atoms with Crippen LogP contribution in [0.4, 0.5) is 4.39 Å². The van der Waals surface area contributed by atoms with Gasteiger partial charge in [-0.2, -0.15) is 5.10 Å². The maximum absolute atomic E-state index is 13.3. The van der Waals surface area contributed by atoms with Crippen LogP contribution in [0.2, 0.25) is 0 Å². The van der Waals surface area contributed by atoms with Crippen molar-refractivity contribution in [1.29, 1.82) is 0 Å². The Morgan fingerprint density at radius 3 is 2.64 bits per heavy atom. The van der Waals surface area contributed by atoms with Crippen LogP contribution in [0.1, 0.15) is 5.69 Å². The third kappa shape index (κ3) is 2.87. The zero-order valence-electron chi connectivity index (χ0n) is 13.6. The Morgan fingerprint density at radius 2 is 1.88 bits per heavy atom. The number of fused-ring (bicyclic) bond motifs is 1. The molecule has 124 valence electrons. The Hall–Kier alpha value is -2.80. The van der Waals surface area contributed by atoms with Crippen molar-refractivity contribution in [2.45, 2.75) is 12.1 Å². The van der Waals surface area contributed by atoms with Gasteiger partial charge in [0.1, 0.15) is 5.82 Å². The van der Waals surface area contributed by atoms with Gasteiger partial charge >= 0.3 is 0 Å². The Labute approximate surface area is 147 Å². The smallest absolute Gasteiger partial charge is 0.187 e. The van der Waals surface area contributed by atoms with Gasteiger partial charge in [-0.15, -0.1) is 0 Å². The first-order valence-corrected chi connectivity index (χ1v) is 8.87. The van der Waals surface area contributed by atoms with Gasteiger partial charge in [0, 0.05) is 28.4 Å². The van der Waals surface area contributed by atoms with E-state index in [9.17, 15) is 4.39 Å². The lowest BCUT2D eigenvalue weighted by Gasteiger charge is -2.10. The molecule has 0 saturated heterocycles. The quantitative estimate of drug-likeness (QED) is 0.441. The Morgan fingerprint density at radius 1 is 1.08 bits per heavy atom. The third-order valence-corrected chi connectivity index (χ3v) is 4.51. The van der Waals surface area contributed by atoms with E-state index in [2.05, 4.69) is 20.2 Å². The summed E-state index contributed by atoms with van der Waals surface area (Å²) >= 11 is 1.48. The predicted octanol–water partition coefficient (Wildman–Crippen LogP) is 4.25. The van der Waals surface area contributed by atoms with E-state index in [1.807, 2.05) is 25.3 Å². The largest absolute Gasteiger partial charge is 0.280 e. The minimum absolute atomic E-state index is 0.284. The molecule has 1 aromatic carbocycles. The molecule has 0 unspecified atom stereocenters. The number of hydrogen-bond acceptors (Lipinski definition) is 5. The summed E-state index contributed by atoms with van der Waals surface area (Å²) < 4.78 is 13.3. The molecule has 0 amide bonds. The lowest BCUT2D eigenvalue weighted by molar-refractivity contribution is 0.628. The summed E-state index contributed by atoms with van der Waals surface area (Å²) in [6, 6.07) is 10.1. The molecule has 0 aliphatic heterocycles. The number of pyridine rings is 1. The lowest BCUT2D eigenvalue weighted by Crippen LogP contribution is -1.95. The van der Waals surface area contributed by atoms with Crippen LogP contribution in [-0.4, -0.2) is 31.4 Å². The summed E-state index contributed by atoms with van der Waals surface area (Å²) in [4.78, 5) is 13.5. The van der Waals surface area contributed by atoms with Crippen molar-refractivity contribution in [2.75, 3.05) is 6.26 Å². The van der Waals surface area contributed by atoms with Crippen LogP contribution in [0, 0.1) is 12.7 Å². The number of aromatic amines is 1. The molecule has 0 aliphatic rings. The Balaban J connectivity index is 2.00. The Bertz CT molecular complexity index is 1060. The number of aromatic nitrogens is 5. The zero-order chi connectivity index (χ0) is 17.4. The van der Waals surface area contributed by atoms with Gasteiger partial charge in [-0.05, 0) is 49.6 Å². The van der Waals surface area contributed by atoms with E-state index in [4.69, 9.17) is 4.98 Å². The molecule has 1 N–H and O–H groups in total. The number of nitrogens with one attached hydrogen (secondary N) is 1. The number of hydrogen-bond donors (Lipinski definition) is 1. The second-order valence-corrected chi connectivity index (χ2v) is 6.31. The van der Waals surface area contributed by atoms with Crippen molar-refractivity contribution < 1.29 is 4.39 Å². The van der Waals surface area contributed by atoms with Gasteiger partial charge in [0.15, 0.2) is 10.8 Å². The highest BCUT2D eigenvalue weighted by Gasteiger charge is 2.15. The lowest BCUT2D eigenvalue weighted by atomic mass is 10.0. The average Bonchev–Trinajstić information content (AvgIpc) is 3.01. The first kappa shape index (κ1) is 15.7. The van der Waals surface area contributed by atoms with Crippen molar-refractivity contribution >= 4 is 22.8 Å². The van der Waals surface area contributed by atoms with E-state index >= 15 is 0 Å². The van der Waals surface area contributed by atoms with Crippen molar-refractivity contribution in [2.24, 2.45) is 0 Å². The van der Waals surface area contributed by atoms with E-state index in [-0.39, 0.29) is 5.82 Å². The van der Waals surface area contributed by atoms with Gasteiger partial charge in [-0.1, -0.05) is 11.8 Å². The van der Waals surface area contributed by atoms with Crippen LogP contribution >= 0.6 is 11.8 Å². The number of nitrogens with zero attached hydrogens (tertiary/aromatic N) is 4. The standard InChI is InChI=1S/C18H14FN5S/c1-10-13-9-14(15-7-8-20-18(21-15)25-2)16(22-17(13)24-23-10)11-3-5-12(19)6-4-11/h3-9H,1-2H3,(H,22,23,24). The molecule has 0 aliphatic carbocycles. The number of rotatable bonds is 3. The molecular formula is C18H14FN5S. The van der Waals surface area contributed by atoms with Gasteiger partial charge in [-0.25, -0.2) is 19.3 Å². The fourth-order valence-electron chi connectivity index (χ4n) is 2.67. The van der Waals surface area contributed by atoms with Crippen molar-refractivity contribution in [3.8, 4) is 22.5 Å². The second-order valence-electron chi connectivity index (χ2n) is 5.54. The SMILES string of the molecule is CSc1nccc(-c2cc3c(C)[nH]nc3nc2-c2ccc(F)cc2)n1.